The minimum Gasteiger partial charge on any atom is -0.457 e. The summed E-state index contributed by atoms with van der Waals surface area (Å²) in [6.07, 6.45) is 2.02. The third-order valence-electron chi connectivity index (χ3n) is 4.52. The lowest BCUT2D eigenvalue weighted by Crippen LogP contribution is -2.41. The molecule has 124 valence electrons. The molecular formula is C18H25BO4. The molecule has 1 aromatic rings. The van der Waals surface area contributed by atoms with Gasteiger partial charge in [-0.05, 0) is 38.7 Å². The zero-order valence-corrected chi connectivity index (χ0v) is 14.6. The zero-order chi connectivity index (χ0) is 17.3. The van der Waals surface area contributed by atoms with Crippen LogP contribution in [0.25, 0.3) is 0 Å². The van der Waals surface area contributed by atoms with Crippen molar-refractivity contribution in [2.24, 2.45) is 0 Å². The second-order valence-corrected chi connectivity index (χ2v) is 6.88. The molecule has 0 amide bonds. The van der Waals surface area contributed by atoms with Gasteiger partial charge < -0.3 is 14.0 Å². The third kappa shape index (κ3) is 3.85. The number of benzene rings is 1. The van der Waals surface area contributed by atoms with Crippen molar-refractivity contribution in [1.82, 2.24) is 0 Å². The highest BCUT2D eigenvalue weighted by atomic mass is 16.7. The topological polar surface area (TPSA) is 44.8 Å². The van der Waals surface area contributed by atoms with E-state index < -0.39 is 0 Å². The van der Waals surface area contributed by atoms with Crippen LogP contribution in [0.4, 0.5) is 0 Å². The van der Waals surface area contributed by atoms with E-state index in [1.807, 2.05) is 52.0 Å². The van der Waals surface area contributed by atoms with Crippen LogP contribution in [0.2, 0.25) is 0 Å². The van der Waals surface area contributed by atoms with Crippen LogP contribution in [0.15, 0.2) is 36.9 Å². The fourth-order valence-electron chi connectivity index (χ4n) is 2.45. The van der Waals surface area contributed by atoms with Crippen molar-refractivity contribution < 1.29 is 18.8 Å². The predicted octanol–water partition coefficient (Wildman–Crippen LogP) is 3.17. The number of ether oxygens (including phenoxy) is 1. The Labute approximate surface area is 139 Å². The molecule has 0 saturated carbocycles. The molecule has 0 radical (unpaired) electrons. The van der Waals surface area contributed by atoms with Gasteiger partial charge in [-0.15, -0.1) is 6.58 Å². The van der Waals surface area contributed by atoms with Crippen molar-refractivity contribution in [3.63, 3.8) is 0 Å². The second-order valence-electron chi connectivity index (χ2n) is 6.88. The zero-order valence-electron chi connectivity index (χ0n) is 14.6. The summed E-state index contributed by atoms with van der Waals surface area (Å²) in [5.74, 6) is -0.299. The molecule has 1 aliphatic heterocycles. The second kappa shape index (κ2) is 6.50. The van der Waals surface area contributed by atoms with E-state index in [0.29, 0.717) is 6.42 Å². The van der Waals surface area contributed by atoms with Gasteiger partial charge >= 0.3 is 13.1 Å². The van der Waals surface area contributed by atoms with Crippen molar-refractivity contribution in [3.8, 4) is 0 Å². The Balaban J connectivity index is 2.16. The lowest BCUT2D eigenvalue weighted by Gasteiger charge is -2.32. The van der Waals surface area contributed by atoms with Crippen molar-refractivity contribution in [2.75, 3.05) is 0 Å². The Hall–Kier alpha value is -1.59. The quantitative estimate of drug-likeness (QED) is 0.475. The molecule has 23 heavy (non-hydrogen) atoms. The lowest BCUT2D eigenvalue weighted by molar-refractivity contribution is -0.146. The predicted molar refractivity (Wildman–Crippen MR) is 91.5 cm³/mol. The van der Waals surface area contributed by atoms with Crippen LogP contribution in [0.3, 0.4) is 0 Å². The normalized spacial score (nSPS) is 20.1. The summed E-state index contributed by atoms with van der Waals surface area (Å²) in [5, 5.41) is 0. The molecule has 0 N–H and O–H groups in total. The number of rotatable bonds is 5. The van der Waals surface area contributed by atoms with Crippen molar-refractivity contribution in [1.29, 1.82) is 0 Å². The van der Waals surface area contributed by atoms with E-state index in [1.165, 1.54) is 6.92 Å². The van der Waals surface area contributed by atoms with Crippen LogP contribution in [0.5, 0.6) is 0 Å². The first kappa shape index (κ1) is 17.8. The Morgan fingerprint density at radius 2 is 1.74 bits per heavy atom. The summed E-state index contributed by atoms with van der Waals surface area (Å²) in [6.45, 7) is 13.2. The van der Waals surface area contributed by atoms with Crippen LogP contribution in [-0.2, 0) is 18.8 Å². The van der Waals surface area contributed by atoms with Gasteiger partial charge in [-0.1, -0.05) is 30.3 Å². The van der Waals surface area contributed by atoms with Gasteiger partial charge in [-0.25, -0.2) is 0 Å². The smallest absolute Gasteiger partial charge is 0.457 e. The first-order chi connectivity index (χ1) is 10.7. The largest absolute Gasteiger partial charge is 0.494 e. The molecule has 5 heteroatoms. The van der Waals surface area contributed by atoms with E-state index in [-0.39, 0.29) is 30.4 Å². The van der Waals surface area contributed by atoms with Crippen LogP contribution in [0, 0.1) is 0 Å². The highest BCUT2D eigenvalue weighted by Crippen LogP contribution is 2.36. The van der Waals surface area contributed by atoms with Crippen LogP contribution < -0.4 is 5.46 Å². The fraction of sp³-hybridized carbons (Fsp3) is 0.500. The van der Waals surface area contributed by atoms with Gasteiger partial charge in [-0.2, -0.15) is 0 Å². The molecule has 1 aromatic carbocycles. The van der Waals surface area contributed by atoms with Gasteiger partial charge in [0.2, 0.25) is 0 Å². The summed E-state index contributed by atoms with van der Waals surface area (Å²) in [6, 6.07) is 7.79. The summed E-state index contributed by atoms with van der Waals surface area (Å²) < 4.78 is 17.4. The third-order valence-corrected chi connectivity index (χ3v) is 4.52. The molecule has 0 aromatic heterocycles. The van der Waals surface area contributed by atoms with Gasteiger partial charge in [-0.3, -0.25) is 4.79 Å². The van der Waals surface area contributed by atoms with E-state index in [1.54, 1.807) is 6.08 Å². The highest BCUT2D eigenvalue weighted by Gasteiger charge is 2.51. The molecule has 1 aliphatic rings. The molecule has 0 aliphatic carbocycles. The van der Waals surface area contributed by atoms with Crippen molar-refractivity contribution in [3.05, 3.63) is 42.5 Å². The Bertz CT molecular complexity index is 561. The fourth-order valence-corrected chi connectivity index (χ4v) is 2.45. The van der Waals surface area contributed by atoms with Gasteiger partial charge in [0.15, 0.2) is 0 Å². The van der Waals surface area contributed by atoms with E-state index in [9.17, 15) is 4.79 Å². The Morgan fingerprint density at radius 1 is 1.22 bits per heavy atom. The first-order valence-electron chi connectivity index (χ1n) is 7.90. The van der Waals surface area contributed by atoms with Gasteiger partial charge in [0.25, 0.3) is 0 Å². The van der Waals surface area contributed by atoms with E-state index in [4.69, 9.17) is 14.0 Å². The van der Waals surface area contributed by atoms with Crippen molar-refractivity contribution in [2.45, 2.75) is 58.3 Å². The van der Waals surface area contributed by atoms with Crippen LogP contribution >= 0.6 is 0 Å². The minimum atomic E-state index is -0.388. The van der Waals surface area contributed by atoms with Crippen molar-refractivity contribution >= 4 is 18.6 Å². The maximum absolute atomic E-state index is 11.2. The molecule has 0 bridgehead atoms. The highest BCUT2D eigenvalue weighted by molar-refractivity contribution is 6.62. The van der Waals surface area contributed by atoms with Gasteiger partial charge in [0.05, 0.1) is 11.2 Å². The van der Waals surface area contributed by atoms with E-state index in [2.05, 4.69) is 6.58 Å². The molecule has 4 nitrogen and oxygen atoms in total. The molecule has 2 rings (SSSR count). The van der Waals surface area contributed by atoms with Crippen LogP contribution in [0.1, 0.15) is 52.7 Å². The molecule has 0 unspecified atom stereocenters. The minimum absolute atomic E-state index is 0.299. The number of hydrogen-bond acceptors (Lipinski definition) is 4. The maximum Gasteiger partial charge on any atom is 0.494 e. The Kier molecular flexibility index (Phi) is 5.02. The number of carbonyl (C=O) groups is 1. The van der Waals surface area contributed by atoms with E-state index >= 15 is 0 Å². The lowest BCUT2D eigenvalue weighted by atomic mass is 9.78. The van der Waals surface area contributed by atoms with E-state index in [0.717, 1.165) is 11.0 Å². The maximum atomic E-state index is 11.2. The number of esters is 1. The molecule has 0 spiro atoms. The summed E-state index contributed by atoms with van der Waals surface area (Å²) >= 11 is 0. The van der Waals surface area contributed by atoms with Gasteiger partial charge in [0, 0.05) is 13.3 Å². The van der Waals surface area contributed by atoms with Crippen LogP contribution in [-0.4, -0.2) is 24.3 Å². The molecule has 1 saturated heterocycles. The molecule has 1 fully saturated rings. The Morgan fingerprint density at radius 3 is 2.17 bits per heavy atom. The summed E-state index contributed by atoms with van der Waals surface area (Å²) in [5.41, 5.74) is 1.16. The SMILES string of the molecule is C=CC[C@@H](OC(C)=O)c1ccc(B2OC(C)(C)C(C)(C)O2)cc1. The molecule has 1 atom stereocenters. The molecular weight excluding hydrogens is 291 g/mol. The summed E-state index contributed by atoms with van der Waals surface area (Å²) in [7, 11) is -0.388. The standard InChI is InChI=1S/C18H25BO4/c1-7-8-16(21-13(2)20)14-9-11-15(12-10-14)19-22-17(3,4)18(5,6)23-19/h7,9-12,16H,1,8H2,2-6H3/t16-/m1/s1. The van der Waals surface area contributed by atoms with Gasteiger partial charge in [0.1, 0.15) is 6.10 Å². The summed E-state index contributed by atoms with van der Waals surface area (Å²) in [4.78, 5) is 11.2. The average molecular weight is 316 g/mol. The monoisotopic (exact) mass is 316 g/mol. The molecule has 1 heterocycles. The number of hydrogen-bond donors (Lipinski definition) is 0. The first-order valence-corrected chi connectivity index (χ1v) is 7.90. The number of carbonyl (C=O) groups excluding carboxylic acids is 1. The average Bonchev–Trinajstić information content (AvgIpc) is 2.67.